The summed E-state index contributed by atoms with van der Waals surface area (Å²) in [5.41, 5.74) is 0. The molecule has 0 fully saturated rings. The van der Waals surface area contributed by atoms with E-state index in [9.17, 15) is 0 Å². The Morgan fingerprint density at radius 2 is 1.18 bits per heavy atom. The molecule has 0 heterocycles. The molecule has 0 aliphatic heterocycles. The molecule has 0 aliphatic carbocycles. The number of rotatable bonds is 5. The van der Waals surface area contributed by atoms with Gasteiger partial charge >= 0.3 is 0 Å². The summed E-state index contributed by atoms with van der Waals surface area (Å²) in [7, 11) is 1.87. The standard InChI is InChI=1S/C15H18P2/c1-2-15(16-13-9-5-3-6-10-13)17-14-11-7-4-8-12-14/h3-12,15-17H,2H2,1H3. The van der Waals surface area contributed by atoms with Crippen molar-refractivity contribution in [3.05, 3.63) is 60.7 Å². The lowest BCUT2D eigenvalue weighted by Gasteiger charge is -2.15. The maximum atomic E-state index is 2.30. The van der Waals surface area contributed by atoms with Gasteiger partial charge in [-0.1, -0.05) is 84.7 Å². The van der Waals surface area contributed by atoms with Crippen molar-refractivity contribution in [2.75, 3.05) is 0 Å². The monoisotopic (exact) mass is 260 g/mol. The van der Waals surface area contributed by atoms with E-state index in [1.54, 1.807) is 0 Å². The molecule has 2 rings (SSSR count). The zero-order valence-corrected chi connectivity index (χ0v) is 12.1. The van der Waals surface area contributed by atoms with Crippen molar-refractivity contribution in [2.24, 2.45) is 0 Å². The van der Waals surface area contributed by atoms with Crippen molar-refractivity contribution in [1.29, 1.82) is 0 Å². The van der Waals surface area contributed by atoms with Crippen molar-refractivity contribution in [1.82, 2.24) is 0 Å². The van der Waals surface area contributed by atoms with E-state index in [0.717, 1.165) is 22.6 Å². The highest BCUT2D eigenvalue weighted by Gasteiger charge is 2.07. The quantitative estimate of drug-likeness (QED) is 0.718. The van der Waals surface area contributed by atoms with Crippen LogP contribution in [-0.4, -0.2) is 5.40 Å². The largest absolute Gasteiger partial charge is 0.0827 e. The molecule has 0 aliphatic rings. The summed E-state index contributed by atoms with van der Waals surface area (Å²) in [6, 6.07) is 21.7. The maximum Gasteiger partial charge on any atom is 0.00172 e. The van der Waals surface area contributed by atoms with Crippen LogP contribution in [0, 0.1) is 0 Å². The van der Waals surface area contributed by atoms with Gasteiger partial charge in [0.05, 0.1) is 0 Å². The molecule has 0 radical (unpaired) electrons. The van der Waals surface area contributed by atoms with Crippen LogP contribution < -0.4 is 10.6 Å². The highest BCUT2D eigenvalue weighted by atomic mass is 31.1. The molecule has 88 valence electrons. The lowest BCUT2D eigenvalue weighted by molar-refractivity contribution is 1.05. The van der Waals surface area contributed by atoms with Crippen LogP contribution in [-0.2, 0) is 0 Å². The fourth-order valence-corrected chi connectivity index (χ4v) is 4.98. The average molecular weight is 260 g/mol. The fraction of sp³-hybridized carbons (Fsp3) is 0.200. The van der Waals surface area contributed by atoms with Gasteiger partial charge in [-0.05, 0) is 17.0 Å². The van der Waals surface area contributed by atoms with E-state index in [2.05, 4.69) is 67.6 Å². The predicted molar refractivity (Wildman–Crippen MR) is 82.9 cm³/mol. The van der Waals surface area contributed by atoms with Gasteiger partial charge in [0.1, 0.15) is 0 Å². The molecule has 0 N–H and O–H groups in total. The molecule has 2 aromatic rings. The van der Waals surface area contributed by atoms with Crippen LogP contribution in [0.25, 0.3) is 0 Å². The molecule has 2 unspecified atom stereocenters. The van der Waals surface area contributed by atoms with E-state index in [1.165, 1.54) is 17.0 Å². The SMILES string of the molecule is CCC(Pc1ccccc1)Pc1ccccc1. The summed E-state index contributed by atoms with van der Waals surface area (Å²) in [4.78, 5) is 0. The van der Waals surface area contributed by atoms with Gasteiger partial charge in [0.25, 0.3) is 0 Å². The van der Waals surface area contributed by atoms with E-state index in [4.69, 9.17) is 0 Å². The lowest BCUT2D eigenvalue weighted by Crippen LogP contribution is -2.04. The van der Waals surface area contributed by atoms with Crippen LogP contribution in [0.5, 0.6) is 0 Å². The van der Waals surface area contributed by atoms with Crippen LogP contribution >= 0.6 is 17.2 Å². The Balaban J connectivity index is 1.98. The van der Waals surface area contributed by atoms with Crippen molar-refractivity contribution in [2.45, 2.75) is 18.7 Å². The molecule has 0 saturated heterocycles. The summed E-state index contributed by atoms with van der Waals surface area (Å²) >= 11 is 0. The second-order valence-electron chi connectivity index (χ2n) is 3.98. The molecule has 2 heteroatoms. The smallest absolute Gasteiger partial charge is 0.00172 e. The Bertz CT molecular complexity index is 384. The van der Waals surface area contributed by atoms with Crippen molar-refractivity contribution < 1.29 is 0 Å². The molecule has 2 aromatic carbocycles. The van der Waals surface area contributed by atoms with Gasteiger partial charge in [-0.25, -0.2) is 0 Å². The molecule has 0 amide bonds. The van der Waals surface area contributed by atoms with E-state index in [1.807, 2.05) is 0 Å². The van der Waals surface area contributed by atoms with Crippen molar-refractivity contribution in [3.63, 3.8) is 0 Å². The van der Waals surface area contributed by atoms with Gasteiger partial charge in [0.2, 0.25) is 0 Å². The van der Waals surface area contributed by atoms with E-state index < -0.39 is 0 Å². The van der Waals surface area contributed by atoms with Gasteiger partial charge in [-0.3, -0.25) is 0 Å². The van der Waals surface area contributed by atoms with E-state index >= 15 is 0 Å². The van der Waals surface area contributed by atoms with Gasteiger partial charge in [-0.2, -0.15) is 0 Å². The second kappa shape index (κ2) is 6.90. The molecular weight excluding hydrogens is 242 g/mol. The van der Waals surface area contributed by atoms with Crippen LogP contribution in [0.1, 0.15) is 13.3 Å². The summed E-state index contributed by atoms with van der Waals surface area (Å²) in [6.45, 7) is 2.30. The van der Waals surface area contributed by atoms with Gasteiger partial charge in [0.15, 0.2) is 0 Å². The third-order valence-electron chi connectivity index (χ3n) is 2.64. The minimum atomic E-state index is 0.805. The van der Waals surface area contributed by atoms with Crippen LogP contribution in [0.4, 0.5) is 0 Å². The first-order valence-corrected chi connectivity index (χ1v) is 8.17. The maximum absolute atomic E-state index is 2.30. The van der Waals surface area contributed by atoms with Crippen molar-refractivity contribution in [3.8, 4) is 0 Å². The Hall–Kier alpha value is -0.700. The summed E-state index contributed by atoms with van der Waals surface area (Å²) in [5, 5.41) is 3.78. The average Bonchev–Trinajstić information content (AvgIpc) is 2.40. The molecule has 0 aromatic heterocycles. The topological polar surface area (TPSA) is 0 Å². The van der Waals surface area contributed by atoms with Crippen LogP contribution in [0.2, 0.25) is 0 Å². The fourth-order valence-electron chi connectivity index (χ4n) is 1.71. The molecule has 0 nitrogen and oxygen atoms in total. The zero-order chi connectivity index (χ0) is 11.9. The molecule has 2 atom stereocenters. The second-order valence-corrected chi connectivity index (χ2v) is 7.68. The highest BCUT2D eigenvalue weighted by Crippen LogP contribution is 2.35. The van der Waals surface area contributed by atoms with Crippen molar-refractivity contribution >= 4 is 27.8 Å². The first-order valence-electron chi connectivity index (χ1n) is 6.01. The van der Waals surface area contributed by atoms with Crippen LogP contribution in [0.15, 0.2) is 60.7 Å². The summed E-state index contributed by atoms with van der Waals surface area (Å²) in [5.74, 6) is 0. The van der Waals surface area contributed by atoms with Crippen LogP contribution in [0.3, 0.4) is 0 Å². The molecule has 0 saturated carbocycles. The first-order chi connectivity index (χ1) is 8.38. The number of benzene rings is 2. The summed E-state index contributed by atoms with van der Waals surface area (Å²) < 4.78 is 0. The molecule has 0 spiro atoms. The molecule has 0 bridgehead atoms. The predicted octanol–water partition coefficient (Wildman–Crippen LogP) is 3.73. The van der Waals surface area contributed by atoms with Gasteiger partial charge in [0, 0.05) is 5.40 Å². The van der Waals surface area contributed by atoms with E-state index in [-0.39, 0.29) is 0 Å². The molecule has 17 heavy (non-hydrogen) atoms. The van der Waals surface area contributed by atoms with E-state index in [0.29, 0.717) is 0 Å². The molecular formula is C15H18P2. The lowest BCUT2D eigenvalue weighted by atomic mass is 10.4. The highest BCUT2D eigenvalue weighted by molar-refractivity contribution is 7.65. The third-order valence-corrected chi connectivity index (χ3v) is 6.35. The third kappa shape index (κ3) is 4.23. The normalized spacial score (nSPS) is 13.7. The minimum absolute atomic E-state index is 0.805. The first kappa shape index (κ1) is 12.7. The zero-order valence-electron chi connectivity index (χ0n) is 10.1. The summed E-state index contributed by atoms with van der Waals surface area (Å²) in [6.07, 6.45) is 1.26. The van der Waals surface area contributed by atoms with Gasteiger partial charge in [-0.15, -0.1) is 0 Å². The Labute approximate surface area is 107 Å². The Kier molecular flexibility index (Phi) is 5.17. The Morgan fingerprint density at radius 1 is 0.765 bits per heavy atom. The Morgan fingerprint density at radius 3 is 1.53 bits per heavy atom. The number of hydrogen-bond donors (Lipinski definition) is 0. The van der Waals surface area contributed by atoms with Gasteiger partial charge < -0.3 is 0 Å². The number of hydrogen-bond acceptors (Lipinski definition) is 0. The minimum Gasteiger partial charge on any atom is -0.0827 e.